The number of benzene rings is 3. The smallest absolute Gasteiger partial charge is 0.257 e. The molecular weight excluding hydrogens is 406 g/mol. The van der Waals surface area contributed by atoms with E-state index in [-0.39, 0.29) is 5.91 Å². The van der Waals surface area contributed by atoms with Crippen LogP contribution in [0.3, 0.4) is 0 Å². The lowest BCUT2D eigenvalue weighted by Gasteiger charge is -2.05. The highest BCUT2D eigenvalue weighted by molar-refractivity contribution is 7.92. The maximum absolute atomic E-state index is 12.4. The van der Waals surface area contributed by atoms with Crippen LogP contribution in [-0.2, 0) is 10.0 Å². The van der Waals surface area contributed by atoms with Crippen molar-refractivity contribution in [2.24, 2.45) is 0 Å². The summed E-state index contributed by atoms with van der Waals surface area (Å²) in [6.45, 7) is 0. The Morgan fingerprint density at radius 2 is 1.69 bits per heavy atom. The third kappa shape index (κ3) is 4.61. The highest BCUT2D eigenvalue weighted by Crippen LogP contribution is 2.28. The van der Waals surface area contributed by atoms with Crippen LogP contribution in [0.2, 0.25) is 0 Å². The Morgan fingerprint density at radius 1 is 0.966 bits per heavy atom. The molecule has 1 amide bonds. The number of carbonyl (C=O) groups is 1. The molecule has 0 saturated heterocycles. The lowest BCUT2D eigenvalue weighted by Crippen LogP contribution is -2.12. The van der Waals surface area contributed by atoms with Crippen molar-refractivity contribution in [2.45, 2.75) is 0 Å². The van der Waals surface area contributed by atoms with Crippen molar-refractivity contribution >= 4 is 48.9 Å². The van der Waals surface area contributed by atoms with Crippen LogP contribution in [0, 0.1) is 0 Å². The average Bonchev–Trinajstić information content (AvgIpc) is 3.15. The van der Waals surface area contributed by atoms with E-state index in [0.29, 0.717) is 16.4 Å². The van der Waals surface area contributed by atoms with Crippen molar-refractivity contribution in [1.82, 2.24) is 4.98 Å². The number of sulfonamides is 1. The lowest BCUT2D eigenvalue weighted by atomic mass is 10.1. The molecule has 3 aromatic carbocycles. The van der Waals surface area contributed by atoms with E-state index < -0.39 is 10.0 Å². The maximum atomic E-state index is 12.4. The predicted octanol–water partition coefficient (Wildman–Crippen LogP) is 4.59. The first kappa shape index (κ1) is 19.1. The number of thiazole rings is 1. The van der Waals surface area contributed by atoms with Crippen molar-refractivity contribution in [2.75, 3.05) is 16.3 Å². The zero-order valence-electron chi connectivity index (χ0n) is 15.4. The largest absolute Gasteiger partial charge is 0.298 e. The third-order valence-corrected chi connectivity index (χ3v) is 5.58. The van der Waals surface area contributed by atoms with Gasteiger partial charge in [-0.2, -0.15) is 0 Å². The molecule has 0 radical (unpaired) electrons. The van der Waals surface area contributed by atoms with Gasteiger partial charge in [0.2, 0.25) is 10.0 Å². The normalized spacial score (nSPS) is 11.3. The number of rotatable bonds is 5. The van der Waals surface area contributed by atoms with Gasteiger partial charge in [0, 0.05) is 22.2 Å². The number of carbonyl (C=O) groups excluding carboxylic acids is 1. The van der Waals surface area contributed by atoms with Gasteiger partial charge < -0.3 is 0 Å². The Hall–Kier alpha value is -3.23. The molecule has 0 aliphatic rings. The number of nitrogens with zero attached hydrogens (tertiary/aromatic N) is 1. The summed E-state index contributed by atoms with van der Waals surface area (Å²) in [6.07, 6.45) is 1.07. The Kier molecular flexibility index (Phi) is 5.04. The molecule has 8 heteroatoms. The minimum atomic E-state index is -3.36. The van der Waals surface area contributed by atoms with E-state index in [1.54, 1.807) is 24.3 Å². The number of hydrogen-bond acceptors (Lipinski definition) is 5. The summed E-state index contributed by atoms with van der Waals surface area (Å²) in [4.78, 5) is 17.0. The fourth-order valence-corrected chi connectivity index (χ4v) is 4.16. The minimum Gasteiger partial charge on any atom is -0.298 e. The van der Waals surface area contributed by atoms with Gasteiger partial charge in [-0.15, -0.1) is 11.3 Å². The first-order valence-electron chi connectivity index (χ1n) is 8.71. The molecule has 1 heterocycles. The Morgan fingerprint density at radius 3 is 2.41 bits per heavy atom. The maximum Gasteiger partial charge on any atom is 0.257 e. The van der Waals surface area contributed by atoms with Crippen molar-refractivity contribution < 1.29 is 13.2 Å². The molecule has 4 aromatic rings. The highest BCUT2D eigenvalue weighted by atomic mass is 32.2. The van der Waals surface area contributed by atoms with Gasteiger partial charge in [0.1, 0.15) is 0 Å². The summed E-state index contributed by atoms with van der Waals surface area (Å²) in [5, 5.41) is 7.47. The zero-order chi connectivity index (χ0) is 20.4. The second kappa shape index (κ2) is 7.65. The topological polar surface area (TPSA) is 88.2 Å². The van der Waals surface area contributed by atoms with Gasteiger partial charge in [-0.05, 0) is 41.1 Å². The van der Waals surface area contributed by atoms with Crippen LogP contribution in [0.1, 0.15) is 10.4 Å². The quantitative estimate of drug-likeness (QED) is 0.491. The Bertz CT molecular complexity index is 1300. The van der Waals surface area contributed by atoms with E-state index in [2.05, 4.69) is 33.2 Å². The molecule has 0 unspecified atom stereocenters. The van der Waals surface area contributed by atoms with E-state index >= 15 is 0 Å². The van der Waals surface area contributed by atoms with Gasteiger partial charge in [-0.3, -0.25) is 14.8 Å². The van der Waals surface area contributed by atoms with Gasteiger partial charge >= 0.3 is 0 Å². The molecule has 1 aromatic heterocycles. The second-order valence-electron chi connectivity index (χ2n) is 6.51. The van der Waals surface area contributed by atoms with E-state index in [0.717, 1.165) is 28.3 Å². The van der Waals surface area contributed by atoms with E-state index in [9.17, 15) is 13.2 Å². The molecule has 0 fully saturated rings. The van der Waals surface area contributed by atoms with Crippen LogP contribution in [0.4, 0.5) is 10.8 Å². The summed E-state index contributed by atoms with van der Waals surface area (Å²) in [6, 6.07) is 20.4. The number of fused-ring (bicyclic) bond motifs is 1. The van der Waals surface area contributed by atoms with Crippen LogP contribution >= 0.6 is 11.3 Å². The van der Waals surface area contributed by atoms with Crippen LogP contribution in [0.15, 0.2) is 72.1 Å². The van der Waals surface area contributed by atoms with Crippen molar-refractivity contribution in [3.8, 4) is 11.3 Å². The molecule has 0 atom stereocenters. The summed E-state index contributed by atoms with van der Waals surface area (Å²) < 4.78 is 24.9. The molecule has 6 nitrogen and oxygen atoms in total. The van der Waals surface area contributed by atoms with Crippen molar-refractivity contribution in [3.05, 3.63) is 77.7 Å². The number of aromatic nitrogens is 1. The van der Waals surface area contributed by atoms with Crippen molar-refractivity contribution in [1.29, 1.82) is 0 Å². The van der Waals surface area contributed by atoms with E-state index in [4.69, 9.17) is 0 Å². The number of anilines is 2. The van der Waals surface area contributed by atoms with Crippen LogP contribution in [0.25, 0.3) is 22.0 Å². The van der Waals surface area contributed by atoms with Gasteiger partial charge in [0.25, 0.3) is 5.91 Å². The van der Waals surface area contributed by atoms with Crippen LogP contribution in [0.5, 0.6) is 0 Å². The number of nitrogens with one attached hydrogen (secondary N) is 2. The molecule has 0 aliphatic heterocycles. The van der Waals surface area contributed by atoms with Crippen molar-refractivity contribution in [3.63, 3.8) is 0 Å². The molecule has 0 spiro atoms. The van der Waals surface area contributed by atoms with Crippen LogP contribution < -0.4 is 10.0 Å². The fourth-order valence-electron chi connectivity index (χ4n) is 2.89. The first-order valence-corrected chi connectivity index (χ1v) is 11.5. The third-order valence-electron chi connectivity index (χ3n) is 4.22. The SMILES string of the molecule is CS(=O)(=O)Nc1ccc(C(=O)Nc2nc(-c3ccc4ccccc4c3)cs2)cc1. The average molecular weight is 424 g/mol. The standard InChI is InChI=1S/C21H17N3O3S2/c1-29(26,27)24-18-10-8-15(9-11-18)20(25)23-21-22-19(13-28-21)17-7-6-14-4-2-3-5-16(14)12-17/h2-13,24H,1H3,(H,22,23,25). The first-order chi connectivity index (χ1) is 13.9. The molecule has 29 heavy (non-hydrogen) atoms. The van der Waals surface area contributed by atoms with Crippen LogP contribution in [-0.4, -0.2) is 25.6 Å². The lowest BCUT2D eigenvalue weighted by molar-refractivity contribution is 0.102. The molecule has 0 bridgehead atoms. The zero-order valence-corrected chi connectivity index (χ0v) is 17.0. The van der Waals surface area contributed by atoms with Gasteiger partial charge in [-0.1, -0.05) is 36.4 Å². The summed E-state index contributed by atoms with van der Waals surface area (Å²) in [5.41, 5.74) is 2.59. The second-order valence-corrected chi connectivity index (χ2v) is 9.11. The molecular formula is C21H17N3O3S2. The Balaban J connectivity index is 1.49. The monoisotopic (exact) mass is 423 g/mol. The molecule has 4 rings (SSSR count). The summed E-state index contributed by atoms with van der Waals surface area (Å²) in [7, 11) is -3.36. The summed E-state index contributed by atoms with van der Waals surface area (Å²) in [5.74, 6) is -0.310. The molecule has 146 valence electrons. The number of hydrogen-bond donors (Lipinski definition) is 2. The van der Waals surface area contributed by atoms with E-state index in [1.165, 1.54) is 11.3 Å². The van der Waals surface area contributed by atoms with Gasteiger partial charge in [0.05, 0.1) is 11.9 Å². The Labute approximate surface area is 172 Å². The van der Waals surface area contributed by atoms with Gasteiger partial charge in [-0.25, -0.2) is 13.4 Å². The highest BCUT2D eigenvalue weighted by Gasteiger charge is 2.11. The fraction of sp³-hybridized carbons (Fsp3) is 0.0476. The molecule has 2 N–H and O–H groups in total. The minimum absolute atomic E-state index is 0.310. The van der Waals surface area contributed by atoms with Gasteiger partial charge in [0.15, 0.2) is 5.13 Å². The predicted molar refractivity (Wildman–Crippen MR) is 118 cm³/mol. The molecule has 0 aliphatic carbocycles. The molecule has 0 saturated carbocycles. The number of amides is 1. The summed E-state index contributed by atoms with van der Waals surface area (Å²) >= 11 is 1.35. The van der Waals surface area contributed by atoms with E-state index in [1.807, 2.05) is 29.6 Å².